The molecule has 0 radical (unpaired) electrons. The van der Waals surface area contributed by atoms with Crippen LogP contribution >= 0.6 is 0 Å². The fourth-order valence-corrected chi connectivity index (χ4v) is 1.57. The summed E-state index contributed by atoms with van der Waals surface area (Å²) in [5.41, 5.74) is 0.317. The number of hydrogen-bond donors (Lipinski definition) is 0. The van der Waals surface area contributed by atoms with E-state index in [1.165, 1.54) is 17.9 Å². The predicted octanol–water partition coefficient (Wildman–Crippen LogP) is 1.76. The molecule has 0 aliphatic rings. The van der Waals surface area contributed by atoms with Gasteiger partial charge < -0.3 is 14.0 Å². The van der Waals surface area contributed by atoms with Crippen molar-refractivity contribution in [2.75, 3.05) is 14.2 Å². The summed E-state index contributed by atoms with van der Waals surface area (Å²) in [6.45, 7) is 1.72. The van der Waals surface area contributed by atoms with Crippen LogP contribution in [0.2, 0.25) is 0 Å². The molecule has 1 heterocycles. The predicted molar refractivity (Wildman–Crippen MR) is 62.1 cm³/mol. The molecule has 0 spiro atoms. The lowest BCUT2D eigenvalue weighted by Gasteiger charge is -2.09. The van der Waals surface area contributed by atoms with E-state index in [4.69, 9.17) is 14.0 Å². The number of methoxy groups -OCH3 is 2. The highest BCUT2D eigenvalue weighted by Gasteiger charge is 2.11. The van der Waals surface area contributed by atoms with E-state index in [1.54, 1.807) is 32.2 Å². The minimum absolute atomic E-state index is 0.231. The van der Waals surface area contributed by atoms with Crippen LogP contribution in [0, 0.1) is 6.92 Å². The quantitative estimate of drug-likeness (QED) is 0.813. The third-order valence-corrected chi connectivity index (χ3v) is 2.37. The number of hydrogen-bond acceptors (Lipinski definition) is 4. The van der Waals surface area contributed by atoms with Crippen molar-refractivity contribution < 1.29 is 14.0 Å². The van der Waals surface area contributed by atoms with Crippen LogP contribution in [0.1, 0.15) is 5.76 Å². The Morgan fingerprint density at radius 3 is 2.47 bits per heavy atom. The maximum absolute atomic E-state index is 11.6. The number of rotatable bonds is 3. The molecular formula is C12H13NO4. The minimum atomic E-state index is -0.231. The van der Waals surface area contributed by atoms with Crippen LogP contribution in [0.15, 0.2) is 33.6 Å². The van der Waals surface area contributed by atoms with Crippen molar-refractivity contribution in [3.05, 3.63) is 40.4 Å². The third kappa shape index (κ3) is 2.04. The molecule has 2 aromatic rings. The fourth-order valence-electron chi connectivity index (χ4n) is 1.57. The third-order valence-electron chi connectivity index (χ3n) is 2.37. The maximum Gasteiger partial charge on any atom is 0.287 e. The first-order chi connectivity index (χ1) is 8.15. The van der Waals surface area contributed by atoms with E-state index in [2.05, 4.69) is 0 Å². The van der Waals surface area contributed by atoms with Gasteiger partial charge in [-0.1, -0.05) is 0 Å². The highest BCUT2D eigenvalue weighted by molar-refractivity contribution is 5.50. The average molecular weight is 235 g/mol. The number of ether oxygens (including phenoxy) is 2. The fraction of sp³-hybridized carbons (Fsp3) is 0.250. The largest absolute Gasteiger partial charge is 0.497 e. The van der Waals surface area contributed by atoms with E-state index in [1.807, 2.05) is 0 Å². The summed E-state index contributed by atoms with van der Waals surface area (Å²) in [5.74, 6) is 1.72. The maximum atomic E-state index is 11.6. The summed E-state index contributed by atoms with van der Waals surface area (Å²) < 4.78 is 16.8. The first-order valence-electron chi connectivity index (χ1n) is 5.08. The zero-order valence-electron chi connectivity index (χ0n) is 9.89. The molecule has 5 nitrogen and oxygen atoms in total. The molecule has 0 aliphatic carbocycles. The lowest BCUT2D eigenvalue weighted by Crippen LogP contribution is -2.11. The standard InChI is InChI=1S/C12H13NO4/c1-8-6-12(14)13(17-8)10-5-4-9(15-2)7-11(10)16-3/h4-7H,1-3H3. The van der Waals surface area contributed by atoms with Gasteiger partial charge in [0.1, 0.15) is 22.9 Å². The monoisotopic (exact) mass is 235 g/mol. The minimum Gasteiger partial charge on any atom is -0.497 e. The molecule has 5 heteroatoms. The van der Waals surface area contributed by atoms with Crippen LogP contribution < -0.4 is 15.0 Å². The first-order valence-corrected chi connectivity index (χ1v) is 5.08. The number of benzene rings is 1. The molecule has 1 aromatic heterocycles. The van der Waals surface area contributed by atoms with Gasteiger partial charge in [-0.05, 0) is 19.1 Å². The molecule has 90 valence electrons. The van der Waals surface area contributed by atoms with Crippen LogP contribution in [-0.4, -0.2) is 19.0 Å². The van der Waals surface area contributed by atoms with Gasteiger partial charge in [-0.25, -0.2) is 0 Å². The van der Waals surface area contributed by atoms with Crippen molar-refractivity contribution in [3.8, 4) is 17.2 Å². The van der Waals surface area contributed by atoms with Gasteiger partial charge in [-0.3, -0.25) is 4.79 Å². The summed E-state index contributed by atoms with van der Waals surface area (Å²) in [5, 5.41) is 0. The molecule has 0 unspecified atom stereocenters. The van der Waals surface area contributed by atoms with E-state index in [9.17, 15) is 4.79 Å². The zero-order valence-corrected chi connectivity index (χ0v) is 9.89. The number of aryl methyl sites for hydroxylation is 1. The molecule has 17 heavy (non-hydrogen) atoms. The van der Waals surface area contributed by atoms with Gasteiger partial charge >= 0.3 is 0 Å². The van der Waals surface area contributed by atoms with Crippen molar-refractivity contribution in [2.45, 2.75) is 6.92 Å². The molecular weight excluding hydrogens is 222 g/mol. The van der Waals surface area contributed by atoms with Crippen molar-refractivity contribution in [1.29, 1.82) is 0 Å². The van der Waals surface area contributed by atoms with Gasteiger partial charge in [0.25, 0.3) is 5.56 Å². The van der Waals surface area contributed by atoms with Crippen LogP contribution in [0.5, 0.6) is 11.5 Å². The SMILES string of the molecule is COc1ccc(-n2oc(C)cc2=O)c(OC)c1. The Bertz CT molecular complexity index is 582. The van der Waals surface area contributed by atoms with E-state index in [-0.39, 0.29) is 5.56 Å². The van der Waals surface area contributed by atoms with Gasteiger partial charge in [-0.15, -0.1) is 4.74 Å². The highest BCUT2D eigenvalue weighted by atomic mass is 16.5. The molecule has 0 atom stereocenters. The van der Waals surface area contributed by atoms with Crippen LogP contribution in [0.25, 0.3) is 5.69 Å². The van der Waals surface area contributed by atoms with Gasteiger partial charge in [0.15, 0.2) is 0 Å². The van der Waals surface area contributed by atoms with E-state index < -0.39 is 0 Å². The van der Waals surface area contributed by atoms with Crippen LogP contribution in [0.3, 0.4) is 0 Å². The van der Waals surface area contributed by atoms with Gasteiger partial charge in [0.2, 0.25) is 0 Å². The summed E-state index contributed by atoms with van der Waals surface area (Å²) >= 11 is 0. The second-order valence-electron chi connectivity index (χ2n) is 3.52. The van der Waals surface area contributed by atoms with Gasteiger partial charge in [0.05, 0.1) is 14.2 Å². The number of aromatic nitrogens is 1. The Labute approximate surface area is 98.1 Å². The zero-order chi connectivity index (χ0) is 12.4. The van der Waals surface area contributed by atoms with Crippen LogP contribution in [0.4, 0.5) is 0 Å². The Morgan fingerprint density at radius 2 is 1.94 bits per heavy atom. The normalized spacial score (nSPS) is 10.3. The molecule has 0 bridgehead atoms. The summed E-state index contributed by atoms with van der Waals surface area (Å²) in [4.78, 5) is 11.6. The van der Waals surface area contributed by atoms with E-state index in [0.717, 1.165) is 0 Å². The van der Waals surface area contributed by atoms with Crippen molar-refractivity contribution in [1.82, 2.24) is 4.74 Å². The second-order valence-corrected chi connectivity index (χ2v) is 3.52. The Kier molecular flexibility index (Phi) is 2.91. The Balaban J connectivity index is 2.59. The molecule has 0 aliphatic heterocycles. The Morgan fingerprint density at radius 1 is 1.18 bits per heavy atom. The van der Waals surface area contributed by atoms with Gasteiger partial charge in [-0.2, -0.15) is 0 Å². The average Bonchev–Trinajstić information content (AvgIpc) is 2.67. The van der Waals surface area contributed by atoms with Crippen molar-refractivity contribution in [3.63, 3.8) is 0 Å². The molecule has 0 saturated carbocycles. The summed E-state index contributed by atoms with van der Waals surface area (Å²) in [6.07, 6.45) is 0. The van der Waals surface area contributed by atoms with E-state index >= 15 is 0 Å². The lowest BCUT2D eigenvalue weighted by atomic mass is 10.3. The Hall–Kier alpha value is -2.17. The summed E-state index contributed by atoms with van der Waals surface area (Å²) in [6, 6.07) is 6.56. The van der Waals surface area contributed by atoms with Crippen molar-refractivity contribution >= 4 is 0 Å². The molecule has 0 N–H and O–H groups in total. The summed E-state index contributed by atoms with van der Waals surface area (Å²) in [7, 11) is 3.09. The van der Waals surface area contributed by atoms with Crippen LogP contribution in [-0.2, 0) is 0 Å². The topological polar surface area (TPSA) is 53.6 Å². The first kappa shape index (κ1) is 11.3. The molecule has 0 saturated heterocycles. The second kappa shape index (κ2) is 4.37. The van der Waals surface area contributed by atoms with Gasteiger partial charge in [0, 0.05) is 12.1 Å². The van der Waals surface area contributed by atoms with E-state index in [0.29, 0.717) is 22.9 Å². The molecule has 2 rings (SSSR count). The highest BCUT2D eigenvalue weighted by Crippen LogP contribution is 2.27. The lowest BCUT2D eigenvalue weighted by molar-refractivity contribution is 0.311. The molecule has 1 aromatic carbocycles. The smallest absolute Gasteiger partial charge is 0.287 e. The number of nitrogens with zero attached hydrogens (tertiary/aromatic N) is 1. The van der Waals surface area contributed by atoms with Crippen molar-refractivity contribution in [2.24, 2.45) is 0 Å². The molecule has 0 fully saturated rings. The molecule has 0 amide bonds.